The van der Waals surface area contributed by atoms with Crippen LogP contribution in [0.5, 0.6) is 0 Å². The van der Waals surface area contributed by atoms with E-state index in [9.17, 15) is 5.26 Å². The fraction of sp³-hybridized carbons (Fsp3) is 0. The minimum Gasteiger partial charge on any atom is -0.309 e. The second kappa shape index (κ2) is 15.2. The summed E-state index contributed by atoms with van der Waals surface area (Å²) < 4.78 is 4.70. The molecule has 7 nitrogen and oxygen atoms in total. The average Bonchev–Trinajstić information content (AvgIpc) is 3.89. The van der Waals surface area contributed by atoms with E-state index in [0.717, 1.165) is 83.2 Å². The third-order valence-electron chi connectivity index (χ3n) is 12.1. The van der Waals surface area contributed by atoms with Gasteiger partial charge in [-0.25, -0.2) is 15.0 Å². The smallest absolute Gasteiger partial charge is 0.164 e. The lowest BCUT2D eigenvalue weighted by molar-refractivity contribution is 1.07. The van der Waals surface area contributed by atoms with Gasteiger partial charge in [-0.15, -0.1) is 0 Å². The van der Waals surface area contributed by atoms with Crippen molar-refractivity contribution in [2.45, 2.75) is 0 Å². The standard InChI is InChI=1S/C57H35N7/c58-36-37-23-26-52(46(33-37)38-29-31-59-32-30-38)64-51-22-12-9-19-45(51)48-34-41(24-27-54(48)64)47-35-42(25-28-53(47)63-49-20-10-7-17-43(49)44-18-8-11-21-50(44)63)57-61-55(39-13-3-1-4-14-39)60-56(62-57)40-15-5-2-6-16-40/h1-35H. The van der Waals surface area contributed by atoms with Crippen LogP contribution in [0.1, 0.15) is 5.56 Å². The van der Waals surface area contributed by atoms with Gasteiger partial charge >= 0.3 is 0 Å². The van der Waals surface area contributed by atoms with E-state index in [1.54, 1.807) is 12.4 Å². The molecule has 4 heterocycles. The molecule has 0 bridgehead atoms. The molecule has 0 fully saturated rings. The van der Waals surface area contributed by atoms with Gasteiger partial charge in [0.25, 0.3) is 0 Å². The molecule has 0 N–H and O–H groups in total. The van der Waals surface area contributed by atoms with Gasteiger partial charge in [-0.3, -0.25) is 4.98 Å². The van der Waals surface area contributed by atoms with E-state index in [0.29, 0.717) is 23.0 Å². The summed E-state index contributed by atoms with van der Waals surface area (Å²) in [5.74, 6) is 1.81. The molecule has 298 valence electrons. The molecule has 0 spiro atoms. The van der Waals surface area contributed by atoms with Crippen molar-refractivity contribution in [3.8, 4) is 73.9 Å². The van der Waals surface area contributed by atoms with Crippen LogP contribution in [0.4, 0.5) is 0 Å². The minimum absolute atomic E-state index is 0.588. The SMILES string of the molecule is N#Cc1ccc(-n2c3ccccc3c3cc(-c4cc(-c5nc(-c6ccccc6)nc(-c6ccccc6)n5)ccc4-n4c5ccccc5c5ccccc54)ccc32)c(-c2ccncc2)c1. The lowest BCUT2D eigenvalue weighted by Crippen LogP contribution is -2.02. The summed E-state index contributed by atoms with van der Waals surface area (Å²) in [7, 11) is 0. The van der Waals surface area contributed by atoms with Crippen molar-refractivity contribution in [3.63, 3.8) is 0 Å². The monoisotopic (exact) mass is 817 g/mol. The van der Waals surface area contributed by atoms with Gasteiger partial charge in [0, 0.05) is 61.8 Å². The Morgan fingerprint density at radius 2 is 0.797 bits per heavy atom. The molecule has 4 aromatic heterocycles. The highest BCUT2D eigenvalue weighted by Crippen LogP contribution is 2.42. The zero-order chi connectivity index (χ0) is 42.6. The van der Waals surface area contributed by atoms with Gasteiger partial charge < -0.3 is 9.13 Å². The zero-order valence-corrected chi connectivity index (χ0v) is 34.3. The molecule has 0 aliphatic rings. The topological polar surface area (TPSA) is 85.2 Å². The summed E-state index contributed by atoms with van der Waals surface area (Å²) in [6.45, 7) is 0. The van der Waals surface area contributed by atoms with Gasteiger partial charge in [-0.2, -0.15) is 5.26 Å². The molecule has 0 amide bonds. The Morgan fingerprint density at radius 1 is 0.344 bits per heavy atom. The Morgan fingerprint density at radius 3 is 1.36 bits per heavy atom. The number of nitriles is 1. The summed E-state index contributed by atoms with van der Waals surface area (Å²) in [6.07, 6.45) is 3.59. The number of aromatic nitrogens is 6. The van der Waals surface area contributed by atoms with Crippen molar-refractivity contribution in [2.75, 3.05) is 0 Å². The van der Waals surface area contributed by atoms with E-state index in [-0.39, 0.29) is 0 Å². The third kappa shape index (κ3) is 6.12. The van der Waals surface area contributed by atoms with E-state index >= 15 is 0 Å². The van der Waals surface area contributed by atoms with Crippen LogP contribution in [0.2, 0.25) is 0 Å². The molecule has 0 unspecified atom stereocenters. The predicted octanol–water partition coefficient (Wildman–Crippen LogP) is 13.7. The zero-order valence-electron chi connectivity index (χ0n) is 34.3. The van der Waals surface area contributed by atoms with Gasteiger partial charge in [0.1, 0.15) is 0 Å². The van der Waals surface area contributed by atoms with Crippen molar-refractivity contribution in [1.29, 1.82) is 5.26 Å². The first kappa shape index (κ1) is 36.8. The molecule has 0 saturated heterocycles. The molecule has 0 saturated carbocycles. The lowest BCUT2D eigenvalue weighted by Gasteiger charge is -2.17. The summed E-state index contributed by atoms with van der Waals surface area (Å²) in [5, 5.41) is 14.6. The first-order chi connectivity index (χ1) is 31.7. The number of fused-ring (bicyclic) bond motifs is 6. The van der Waals surface area contributed by atoms with E-state index in [2.05, 4.69) is 135 Å². The summed E-state index contributed by atoms with van der Waals surface area (Å²) in [5.41, 5.74) is 13.7. The van der Waals surface area contributed by atoms with Crippen molar-refractivity contribution in [2.24, 2.45) is 0 Å². The number of para-hydroxylation sites is 3. The Hall–Kier alpha value is -8.99. The van der Waals surface area contributed by atoms with Crippen LogP contribution in [-0.4, -0.2) is 29.1 Å². The second-order valence-electron chi connectivity index (χ2n) is 15.8. The van der Waals surface area contributed by atoms with Crippen molar-refractivity contribution in [3.05, 3.63) is 218 Å². The molecule has 0 atom stereocenters. The first-order valence-electron chi connectivity index (χ1n) is 21.2. The van der Waals surface area contributed by atoms with Crippen LogP contribution < -0.4 is 0 Å². The van der Waals surface area contributed by atoms with E-state index in [1.165, 1.54) is 10.8 Å². The molecule has 12 rings (SSSR count). The number of hydrogen-bond acceptors (Lipinski definition) is 5. The van der Waals surface area contributed by atoms with Crippen LogP contribution >= 0.6 is 0 Å². The van der Waals surface area contributed by atoms with Gasteiger partial charge in [0.2, 0.25) is 0 Å². The normalized spacial score (nSPS) is 11.4. The Bertz CT molecular complexity index is 3680. The molecular weight excluding hydrogens is 783 g/mol. The third-order valence-corrected chi connectivity index (χ3v) is 12.1. The lowest BCUT2D eigenvalue weighted by atomic mass is 9.98. The van der Waals surface area contributed by atoms with Gasteiger partial charge in [0.15, 0.2) is 17.5 Å². The summed E-state index contributed by atoms with van der Waals surface area (Å²) in [4.78, 5) is 19.6. The molecule has 12 aromatic rings. The summed E-state index contributed by atoms with van der Waals surface area (Å²) in [6, 6.07) is 71.6. The number of pyridine rings is 1. The van der Waals surface area contributed by atoms with Gasteiger partial charge in [-0.1, -0.05) is 121 Å². The van der Waals surface area contributed by atoms with Crippen molar-refractivity contribution >= 4 is 43.6 Å². The van der Waals surface area contributed by atoms with Gasteiger partial charge in [-0.05, 0) is 90.0 Å². The quantitative estimate of drug-likeness (QED) is 0.160. The number of nitrogens with zero attached hydrogens (tertiary/aromatic N) is 7. The molecule has 8 aromatic carbocycles. The minimum atomic E-state index is 0.588. The predicted molar refractivity (Wildman–Crippen MR) is 258 cm³/mol. The molecule has 0 aliphatic heterocycles. The average molecular weight is 818 g/mol. The maximum Gasteiger partial charge on any atom is 0.164 e. The molecule has 7 heteroatoms. The van der Waals surface area contributed by atoms with Crippen molar-refractivity contribution in [1.82, 2.24) is 29.1 Å². The number of hydrogen-bond donors (Lipinski definition) is 0. The maximum atomic E-state index is 9.96. The molecular formula is C57H35N7. The number of rotatable bonds is 7. The van der Waals surface area contributed by atoms with Crippen LogP contribution in [0.15, 0.2) is 213 Å². The summed E-state index contributed by atoms with van der Waals surface area (Å²) >= 11 is 0. The van der Waals surface area contributed by atoms with E-state index in [1.807, 2.05) is 84.9 Å². The second-order valence-corrected chi connectivity index (χ2v) is 15.8. The molecule has 0 radical (unpaired) electrons. The number of benzene rings is 8. The molecule has 64 heavy (non-hydrogen) atoms. The fourth-order valence-corrected chi connectivity index (χ4v) is 9.18. The highest BCUT2D eigenvalue weighted by Gasteiger charge is 2.21. The first-order valence-corrected chi connectivity index (χ1v) is 21.2. The largest absolute Gasteiger partial charge is 0.309 e. The van der Waals surface area contributed by atoms with E-state index < -0.39 is 0 Å². The highest BCUT2D eigenvalue weighted by atomic mass is 15.0. The Kier molecular flexibility index (Phi) is 8.73. The highest BCUT2D eigenvalue weighted by molar-refractivity contribution is 6.12. The Balaban J connectivity index is 1.12. The molecule has 0 aliphatic carbocycles. The van der Waals surface area contributed by atoms with Gasteiger partial charge in [0.05, 0.1) is 45.1 Å². The van der Waals surface area contributed by atoms with Crippen LogP contribution in [-0.2, 0) is 0 Å². The van der Waals surface area contributed by atoms with Crippen LogP contribution in [0.25, 0.3) is 111 Å². The maximum absolute atomic E-state index is 9.96. The van der Waals surface area contributed by atoms with Crippen LogP contribution in [0, 0.1) is 11.3 Å². The van der Waals surface area contributed by atoms with Crippen LogP contribution in [0.3, 0.4) is 0 Å². The fourth-order valence-electron chi connectivity index (χ4n) is 9.18. The van der Waals surface area contributed by atoms with E-state index in [4.69, 9.17) is 15.0 Å². The Labute approximate surface area is 368 Å². The van der Waals surface area contributed by atoms with Crippen molar-refractivity contribution < 1.29 is 0 Å².